The summed E-state index contributed by atoms with van der Waals surface area (Å²) in [6.45, 7) is 1.75. The van der Waals surface area contributed by atoms with Gasteiger partial charge in [0, 0.05) is 24.9 Å². The van der Waals surface area contributed by atoms with Crippen molar-refractivity contribution in [3.05, 3.63) is 0 Å². The topological polar surface area (TPSA) is 52.6 Å². The highest BCUT2D eigenvalue weighted by molar-refractivity contribution is 7.99. The molecule has 0 atom stereocenters. The monoisotopic (exact) mass is 258 g/mol. The molecule has 0 aromatic rings. The Morgan fingerprint density at radius 3 is 2.71 bits per heavy atom. The normalized spacial score (nSPS) is 30.8. The fraction of sp³-hybridized carbons (Fsp3) is 0.917. The first-order chi connectivity index (χ1) is 8.25. The van der Waals surface area contributed by atoms with E-state index >= 15 is 0 Å². The molecule has 2 aliphatic rings. The van der Waals surface area contributed by atoms with Crippen LogP contribution >= 0.6 is 11.8 Å². The van der Waals surface area contributed by atoms with Crippen molar-refractivity contribution in [3.63, 3.8) is 0 Å². The van der Waals surface area contributed by atoms with Gasteiger partial charge in [-0.2, -0.15) is 11.8 Å². The highest BCUT2D eigenvalue weighted by atomic mass is 32.2. The Morgan fingerprint density at radius 1 is 1.18 bits per heavy atom. The predicted molar refractivity (Wildman–Crippen MR) is 70.3 cm³/mol. The highest BCUT2D eigenvalue weighted by Crippen LogP contribution is 2.19. The molecule has 1 saturated heterocycles. The molecule has 5 heteroatoms. The van der Waals surface area contributed by atoms with Crippen molar-refractivity contribution in [1.82, 2.24) is 10.2 Å². The minimum atomic E-state index is -0.155. The van der Waals surface area contributed by atoms with E-state index in [0.717, 1.165) is 50.9 Å². The minimum Gasteiger partial charge on any atom is -0.393 e. The third-order valence-corrected chi connectivity index (χ3v) is 4.58. The van der Waals surface area contributed by atoms with Gasteiger partial charge in [0.15, 0.2) is 0 Å². The Bertz CT molecular complexity index is 247. The first-order valence-electron chi connectivity index (χ1n) is 6.57. The summed E-state index contributed by atoms with van der Waals surface area (Å²) in [5.41, 5.74) is 0. The Kier molecular flexibility index (Phi) is 4.98. The predicted octanol–water partition coefficient (Wildman–Crippen LogP) is 1.44. The Hall–Kier alpha value is -0.420. The average molecular weight is 258 g/mol. The van der Waals surface area contributed by atoms with Gasteiger partial charge in [-0.1, -0.05) is 0 Å². The van der Waals surface area contributed by atoms with Gasteiger partial charge < -0.3 is 15.3 Å². The van der Waals surface area contributed by atoms with E-state index in [4.69, 9.17) is 0 Å². The number of aliphatic hydroxyl groups is 1. The first kappa shape index (κ1) is 13.0. The molecule has 2 amide bonds. The van der Waals surface area contributed by atoms with Crippen molar-refractivity contribution in [2.45, 2.75) is 44.2 Å². The van der Waals surface area contributed by atoms with Gasteiger partial charge in [0.1, 0.15) is 0 Å². The summed E-state index contributed by atoms with van der Waals surface area (Å²) in [6.07, 6.45) is 4.41. The molecule has 2 rings (SSSR count). The second-order valence-corrected chi connectivity index (χ2v) is 6.13. The molecule has 2 fully saturated rings. The number of aliphatic hydroxyl groups excluding tert-OH is 1. The van der Waals surface area contributed by atoms with Crippen LogP contribution in [0.3, 0.4) is 0 Å². The molecular weight excluding hydrogens is 236 g/mol. The Balaban J connectivity index is 1.75. The molecule has 4 nitrogen and oxygen atoms in total. The zero-order valence-electron chi connectivity index (χ0n) is 10.2. The van der Waals surface area contributed by atoms with Gasteiger partial charge in [0.2, 0.25) is 0 Å². The molecule has 1 heterocycles. The Labute approximate surface area is 107 Å². The maximum absolute atomic E-state index is 12.0. The number of hydrogen-bond donors (Lipinski definition) is 2. The fourth-order valence-corrected chi connectivity index (χ4v) is 3.32. The van der Waals surface area contributed by atoms with Crippen molar-refractivity contribution in [2.24, 2.45) is 0 Å². The first-order valence-corrected chi connectivity index (χ1v) is 7.72. The second kappa shape index (κ2) is 6.50. The molecule has 98 valence electrons. The van der Waals surface area contributed by atoms with Crippen molar-refractivity contribution < 1.29 is 9.90 Å². The zero-order chi connectivity index (χ0) is 12.1. The fourth-order valence-electron chi connectivity index (χ4n) is 2.44. The van der Waals surface area contributed by atoms with Crippen molar-refractivity contribution >= 4 is 17.8 Å². The lowest BCUT2D eigenvalue weighted by Gasteiger charge is -2.29. The number of carbonyl (C=O) groups excluding carboxylic acids is 1. The number of amides is 2. The van der Waals surface area contributed by atoms with Crippen molar-refractivity contribution in [2.75, 3.05) is 24.6 Å². The van der Waals surface area contributed by atoms with Crippen LogP contribution in [0.15, 0.2) is 0 Å². The highest BCUT2D eigenvalue weighted by Gasteiger charge is 2.23. The van der Waals surface area contributed by atoms with Crippen LogP contribution in [0.4, 0.5) is 4.79 Å². The van der Waals surface area contributed by atoms with Crippen LogP contribution in [0.1, 0.15) is 32.1 Å². The van der Waals surface area contributed by atoms with Gasteiger partial charge in [-0.25, -0.2) is 4.79 Å². The molecular formula is C12H22N2O2S. The van der Waals surface area contributed by atoms with Crippen molar-refractivity contribution in [1.29, 1.82) is 0 Å². The number of hydrogen-bond acceptors (Lipinski definition) is 3. The summed E-state index contributed by atoms with van der Waals surface area (Å²) in [6, 6.07) is 0.357. The molecule has 0 aromatic carbocycles. The number of nitrogens with one attached hydrogen (secondary N) is 1. The van der Waals surface area contributed by atoms with Gasteiger partial charge in [0.05, 0.1) is 6.10 Å². The van der Waals surface area contributed by atoms with E-state index in [2.05, 4.69) is 5.32 Å². The number of nitrogens with zero attached hydrogens (tertiary/aromatic N) is 1. The number of urea groups is 1. The van der Waals surface area contributed by atoms with Crippen molar-refractivity contribution in [3.8, 4) is 0 Å². The quantitative estimate of drug-likeness (QED) is 0.748. The van der Waals surface area contributed by atoms with Crippen LogP contribution in [0.5, 0.6) is 0 Å². The summed E-state index contributed by atoms with van der Waals surface area (Å²) < 4.78 is 0. The summed E-state index contributed by atoms with van der Waals surface area (Å²) in [4.78, 5) is 14.0. The molecule has 1 saturated carbocycles. The lowest BCUT2D eigenvalue weighted by molar-refractivity contribution is 0.115. The summed E-state index contributed by atoms with van der Waals surface area (Å²) in [5, 5.41) is 12.5. The molecule has 0 spiro atoms. The maximum atomic E-state index is 12.0. The summed E-state index contributed by atoms with van der Waals surface area (Å²) in [5.74, 6) is 2.22. The lowest BCUT2D eigenvalue weighted by Crippen LogP contribution is -2.47. The largest absolute Gasteiger partial charge is 0.393 e. The molecule has 1 aliphatic heterocycles. The van der Waals surface area contributed by atoms with Crippen LogP contribution < -0.4 is 5.32 Å². The molecule has 0 aromatic heterocycles. The molecule has 0 radical (unpaired) electrons. The van der Waals surface area contributed by atoms with E-state index in [0.29, 0.717) is 0 Å². The number of carbonyl (C=O) groups is 1. The van der Waals surface area contributed by atoms with E-state index in [1.807, 2.05) is 16.7 Å². The van der Waals surface area contributed by atoms with Crippen LogP contribution in [0.2, 0.25) is 0 Å². The molecule has 17 heavy (non-hydrogen) atoms. The smallest absolute Gasteiger partial charge is 0.317 e. The zero-order valence-corrected chi connectivity index (χ0v) is 11.0. The van der Waals surface area contributed by atoms with E-state index in [1.54, 1.807) is 0 Å². The molecule has 1 aliphatic carbocycles. The van der Waals surface area contributed by atoms with Gasteiger partial charge in [-0.05, 0) is 37.9 Å². The average Bonchev–Trinajstić information content (AvgIpc) is 2.61. The van der Waals surface area contributed by atoms with Gasteiger partial charge in [-0.15, -0.1) is 0 Å². The lowest BCUT2D eigenvalue weighted by atomic mass is 9.93. The molecule has 0 bridgehead atoms. The standard InChI is InChI=1S/C12H22N2O2S/c15-11-4-2-10(3-5-11)13-12(16)14-6-1-8-17-9-7-14/h10-11,15H,1-9H2,(H,13,16). The minimum absolute atomic E-state index is 0.0916. The second-order valence-electron chi connectivity index (χ2n) is 4.91. The van der Waals surface area contributed by atoms with Gasteiger partial charge in [0.25, 0.3) is 0 Å². The third kappa shape index (κ3) is 4.07. The van der Waals surface area contributed by atoms with E-state index in [1.165, 1.54) is 5.75 Å². The maximum Gasteiger partial charge on any atom is 0.317 e. The molecule has 2 N–H and O–H groups in total. The van der Waals surface area contributed by atoms with E-state index in [-0.39, 0.29) is 18.2 Å². The van der Waals surface area contributed by atoms with Gasteiger partial charge >= 0.3 is 6.03 Å². The number of rotatable bonds is 1. The third-order valence-electron chi connectivity index (χ3n) is 3.53. The van der Waals surface area contributed by atoms with Crippen LogP contribution in [-0.2, 0) is 0 Å². The van der Waals surface area contributed by atoms with Gasteiger partial charge in [-0.3, -0.25) is 0 Å². The van der Waals surface area contributed by atoms with Crippen LogP contribution in [0.25, 0.3) is 0 Å². The molecule has 0 unspecified atom stereocenters. The van der Waals surface area contributed by atoms with Crippen LogP contribution in [0, 0.1) is 0 Å². The number of thioether (sulfide) groups is 1. The summed E-state index contributed by atoms with van der Waals surface area (Å²) >= 11 is 1.93. The van der Waals surface area contributed by atoms with Crippen LogP contribution in [-0.4, -0.2) is 52.8 Å². The SMILES string of the molecule is O=C(NC1CCC(O)CC1)N1CCCSCC1. The van der Waals surface area contributed by atoms with E-state index in [9.17, 15) is 9.90 Å². The Morgan fingerprint density at radius 2 is 1.94 bits per heavy atom. The van der Waals surface area contributed by atoms with E-state index < -0.39 is 0 Å². The summed E-state index contributed by atoms with van der Waals surface area (Å²) in [7, 11) is 0.